The van der Waals surface area contributed by atoms with Gasteiger partial charge in [-0.1, -0.05) is 127 Å². The Morgan fingerprint density at radius 2 is 0.929 bits per heavy atom. The normalized spacial score (nSPS) is 11.9. The molecule has 0 radical (unpaired) electrons. The summed E-state index contributed by atoms with van der Waals surface area (Å²) in [5.74, 6) is 1.58. The van der Waals surface area contributed by atoms with Gasteiger partial charge in [-0.15, -0.1) is 10.2 Å². The van der Waals surface area contributed by atoms with Crippen LogP contribution in [0.1, 0.15) is 0 Å². The number of nitrogens with zero attached hydrogens (tertiary/aromatic N) is 5. The van der Waals surface area contributed by atoms with Crippen LogP contribution in [0.3, 0.4) is 0 Å². The molecule has 0 saturated carbocycles. The number of para-hydroxylation sites is 3. The Morgan fingerprint density at radius 3 is 1.66 bits per heavy atom. The van der Waals surface area contributed by atoms with Crippen molar-refractivity contribution in [3.8, 4) is 39.8 Å². The van der Waals surface area contributed by atoms with Gasteiger partial charge in [-0.25, -0.2) is 0 Å². The Morgan fingerprint density at radius 1 is 0.357 bits per heavy atom. The highest BCUT2D eigenvalue weighted by atomic mass is 16.3. The van der Waals surface area contributed by atoms with Crippen LogP contribution < -0.4 is 0 Å². The molecule has 56 heavy (non-hydrogen) atoms. The van der Waals surface area contributed by atoms with Crippen LogP contribution in [0.2, 0.25) is 0 Å². The minimum atomic E-state index is 0.792. The van der Waals surface area contributed by atoms with E-state index in [4.69, 9.17) is 14.6 Å². The maximum Gasteiger partial charge on any atom is 0.168 e. The molecule has 4 heterocycles. The molecule has 6 heteroatoms. The molecule has 0 fully saturated rings. The van der Waals surface area contributed by atoms with Crippen LogP contribution in [0.15, 0.2) is 192 Å². The number of hydrogen-bond acceptors (Lipinski definition) is 3. The number of fused-ring (bicyclic) bond motifs is 10. The molecule has 8 aromatic carbocycles. The maximum absolute atomic E-state index is 6.41. The fourth-order valence-corrected chi connectivity index (χ4v) is 8.83. The minimum absolute atomic E-state index is 0.792. The van der Waals surface area contributed by atoms with Crippen molar-refractivity contribution in [3.63, 3.8) is 0 Å². The second-order valence-electron chi connectivity index (χ2n) is 14.2. The third kappa shape index (κ3) is 4.38. The van der Waals surface area contributed by atoms with Gasteiger partial charge in [0.2, 0.25) is 0 Å². The number of furan rings is 1. The third-order valence-electron chi connectivity index (χ3n) is 11.2. The highest BCUT2D eigenvalue weighted by Gasteiger charge is 2.23. The first-order valence-electron chi connectivity index (χ1n) is 18.8. The minimum Gasteiger partial charge on any atom is -0.456 e. The average molecular weight is 718 g/mol. The van der Waals surface area contributed by atoms with Crippen molar-refractivity contribution in [3.05, 3.63) is 188 Å². The molecule has 0 spiro atoms. The summed E-state index contributed by atoms with van der Waals surface area (Å²) in [7, 11) is 0. The van der Waals surface area contributed by atoms with Crippen molar-refractivity contribution in [2.45, 2.75) is 0 Å². The molecule has 0 bridgehead atoms. The maximum atomic E-state index is 6.41. The van der Waals surface area contributed by atoms with Gasteiger partial charge >= 0.3 is 0 Å². The van der Waals surface area contributed by atoms with E-state index in [2.05, 4.69) is 159 Å². The molecular weight excluding hydrogens is 687 g/mol. The predicted octanol–water partition coefficient (Wildman–Crippen LogP) is 12.7. The lowest BCUT2D eigenvalue weighted by molar-refractivity contribution is 0.669. The molecule has 0 aliphatic heterocycles. The topological polar surface area (TPSA) is 53.7 Å². The Balaban J connectivity index is 1.14. The summed E-state index contributed by atoms with van der Waals surface area (Å²) in [6.07, 6.45) is 0. The van der Waals surface area contributed by atoms with Crippen molar-refractivity contribution in [1.82, 2.24) is 23.9 Å². The van der Waals surface area contributed by atoms with Crippen molar-refractivity contribution in [2.24, 2.45) is 0 Å². The second kappa shape index (κ2) is 11.9. The Bertz CT molecular complexity index is 3420. The van der Waals surface area contributed by atoms with E-state index in [9.17, 15) is 0 Å². The second-order valence-corrected chi connectivity index (χ2v) is 14.2. The Kier molecular flexibility index (Phi) is 6.53. The summed E-state index contributed by atoms with van der Waals surface area (Å²) < 4.78 is 13.4. The highest BCUT2D eigenvalue weighted by molar-refractivity contribution is 6.24. The molecule has 0 aliphatic rings. The lowest BCUT2D eigenvalue weighted by Crippen LogP contribution is -2.02. The highest BCUT2D eigenvalue weighted by Crippen LogP contribution is 2.42. The van der Waals surface area contributed by atoms with E-state index < -0.39 is 0 Å². The molecule has 4 aromatic heterocycles. The van der Waals surface area contributed by atoms with Crippen LogP contribution in [0.4, 0.5) is 0 Å². The van der Waals surface area contributed by atoms with Gasteiger partial charge in [0.1, 0.15) is 11.2 Å². The molecule has 6 nitrogen and oxygen atoms in total. The van der Waals surface area contributed by atoms with Crippen LogP contribution in [0.5, 0.6) is 0 Å². The first-order valence-corrected chi connectivity index (χ1v) is 18.8. The largest absolute Gasteiger partial charge is 0.456 e. The lowest BCUT2D eigenvalue weighted by atomic mass is 10.1. The van der Waals surface area contributed by atoms with Gasteiger partial charge in [-0.05, 0) is 60.7 Å². The number of aromatic nitrogens is 5. The summed E-state index contributed by atoms with van der Waals surface area (Å²) in [4.78, 5) is 0. The molecule has 262 valence electrons. The Labute approximate surface area is 320 Å². The van der Waals surface area contributed by atoms with Crippen molar-refractivity contribution in [1.29, 1.82) is 0 Å². The number of hydrogen-bond donors (Lipinski definition) is 0. The van der Waals surface area contributed by atoms with Crippen LogP contribution in [0, 0.1) is 0 Å². The van der Waals surface area contributed by atoms with Crippen LogP contribution in [-0.4, -0.2) is 23.9 Å². The fourth-order valence-electron chi connectivity index (χ4n) is 8.83. The van der Waals surface area contributed by atoms with Gasteiger partial charge in [0.05, 0.1) is 33.1 Å². The van der Waals surface area contributed by atoms with Crippen LogP contribution in [0.25, 0.3) is 105 Å². The summed E-state index contributed by atoms with van der Waals surface area (Å²) in [5.41, 5.74) is 11.4. The van der Waals surface area contributed by atoms with E-state index in [0.29, 0.717) is 0 Å². The summed E-state index contributed by atoms with van der Waals surface area (Å²) >= 11 is 0. The fraction of sp³-hybridized carbons (Fsp3) is 0. The molecule has 0 amide bonds. The summed E-state index contributed by atoms with van der Waals surface area (Å²) in [6, 6.07) is 66.2. The molecule has 0 N–H and O–H groups in total. The van der Waals surface area contributed by atoms with E-state index in [1.165, 1.54) is 10.8 Å². The van der Waals surface area contributed by atoms with Gasteiger partial charge in [0.25, 0.3) is 0 Å². The zero-order chi connectivity index (χ0) is 36.7. The zero-order valence-electron chi connectivity index (χ0n) is 30.0. The zero-order valence-corrected chi connectivity index (χ0v) is 30.0. The molecule has 0 aliphatic carbocycles. The smallest absolute Gasteiger partial charge is 0.168 e. The van der Waals surface area contributed by atoms with E-state index >= 15 is 0 Å². The van der Waals surface area contributed by atoms with E-state index in [1.54, 1.807) is 0 Å². The average Bonchev–Trinajstić information content (AvgIpc) is 4.04. The molecule has 0 unspecified atom stereocenters. The van der Waals surface area contributed by atoms with E-state index in [0.717, 1.165) is 94.6 Å². The lowest BCUT2D eigenvalue weighted by Gasteiger charge is -2.14. The van der Waals surface area contributed by atoms with Gasteiger partial charge in [0, 0.05) is 49.4 Å². The van der Waals surface area contributed by atoms with E-state index in [1.807, 2.05) is 42.5 Å². The first-order chi connectivity index (χ1) is 27.8. The van der Waals surface area contributed by atoms with Crippen LogP contribution >= 0.6 is 0 Å². The van der Waals surface area contributed by atoms with Crippen molar-refractivity contribution < 1.29 is 4.42 Å². The molecule has 0 atom stereocenters. The third-order valence-corrected chi connectivity index (χ3v) is 11.2. The number of rotatable bonds is 5. The summed E-state index contributed by atoms with van der Waals surface area (Å²) in [5, 5.41) is 16.6. The monoisotopic (exact) mass is 717 g/mol. The van der Waals surface area contributed by atoms with E-state index in [-0.39, 0.29) is 0 Å². The van der Waals surface area contributed by atoms with Crippen molar-refractivity contribution >= 4 is 65.6 Å². The van der Waals surface area contributed by atoms with Crippen molar-refractivity contribution in [2.75, 3.05) is 0 Å². The molecule has 0 saturated heterocycles. The molecule has 12 aromatic rings. The first kappa shape index (κ1) is 30.7. The summed E-state index contributed by atoms with van der Waals surface area (Å²) in [6.45, 7) is 0. The quantitative estimate of drug-likeness (QED) is 0.178. The predicted molar refractivity (Wildman–Crippen MR) is 228 cm³/mol. The van der Waals surface area contributed by atoms with Gasteiger partial charge < -0.3 is 13.6 Å². The van der Waals surface area contributed by atoms with Crippen LogP contribution in [-0.2, 0) is 0 Å². The van der Waals surface area contributed by atoms with Gasteiger partial charge in [-0.3, -0.25) is 4.57 Å². The number of benzene rings is 8. The standard InChI is InChI=1S/C50H31N5O/c1-3-15-32(16-4-1)49-51-52-50(33-17-5-2-6-18-33)55(49)43-27-14-26-42-46(43)38-22-8-11-25-41(38)53(42)34-19-13-20-35(31-34)54-40-24-10-7-21-36(40)37-29-30-45-47(48(37)54)39-23-9-12-28-44(39)56-45/h1-31H. The Hall–Kier alpha value is -7.70. The molecular formula is C50H31N5O. The van der Waals surface area contributed by atoms with Gasteiger partial charge in [0.15, 0.2) is 11.6 Å². The molecule has 12 rings (SSSR count). The SMILES string of the molecule is c1ccc(-c2nnc(-c3ccccc3)n2-c2cccc3c2c2ccccc2n3-c2cccc(-n3c4ccccc4c4ccc5oc6ccccc6c5c43)c2)cc1. The van der Waals surface area contributed by atoms with Gasteiger partial charge in [-0.2, -0.15) is 0 Å².